The first kappa shape index (κ1) is 13.8. The molecule has 4 nitrogen and oxygen atoms in total. The highest BCUT2D eigenvalue weighted by Gasteiger charge is 2.42. The molecule has 2 rings (SSSR count). The molecule has 0 saturated carbocycles. The summed E-state index contributed by atoms with van der Waals surface area (Å²) in [4.78, 5) is 16.4. The third-order valence-corrected chi connectivity index (χ3v) is 4.85. The molecule has 2 unspecified atom stereocenters. The fourth-order valence-electron chi connectivity index (χ4n) is 3.53. The zero-order valence-corrected chi connectivity index (χ0v) is 11.7. The first-order valence-electron chi connectivity index (χ1n) is 7.23. The van der Waals surface area contributed by atoms with Crippen molar-refractivity contribution in [3.8, 4) is 0 Å². The van der Waals surface area contributed by atoms with Crippen LogP contribution in [0.1, 0.15) is 39.0 Å². The molecule has 0 amide bonds. The largest absolute Gasteiger partial charge is 0.481 e. The van der Waals surface area contributed by atoms with E-state index < -0.39 is 11.4 Å². The van der Waals surface area contributed by atoms with E-state index in [0.29, 0.717) is 6.04 Å². The molecule has 0 aromatic heterocycles. The molecule has 2 heterocycles. The predicted molar refractivity (Wildman–Crippen MR) is 71.7 cm³/mol. The van der Waals surface area contributed by atoms with Gasteiger partial charge in [-0.15, -0.1) is 0 Å². The van der Waals surface area contributed by atoms with Crippen LogP contribution < -0.4 is 0 Å². The maximum atomic E-state index is 11.6. The Labute approximate surface area is 110 Å². The van der Waals surface area contributed by atoms with Crippen LogP contribution in [0.3, 0.4) is 0 Å². The molecule has 0 aliphatic carbocycles. The fourth-order valence-corrected chi connectivity index (χ4v) is 3.53. The molecule has 2 aliphatic heterocycles. The van der Waals surface area contributed by atoms with Crippen molar-refractivity contribution >= 4 is 5.97 Å². The van der Waals surface area contributed by atoms with Crippen molar-refractivity contribution in [2.45, 2.75) is 45.1 Å². The lowest BCUT2D eigenvalue weighted by Gasteiger charge is -2.45. The van der Waals surface area contributed by atoms with Gasteiger partial charge in [-0.2, -0.15) is 0 Å². The summed E-state index contributed by atoms with van der Waals surface area (Å²) in [6.07, 6.45) is 5.09. The molecule has 0 aromatic rings. The molecule has 2 saturated heterocycles. The van der Waals surface area contributed by atoms with E-state index in [2.05, 4.69) is 16.8 Å². The highest BCUT2D eigenvalue weighted by atomic mass is 16.4. The number of piperidine rings is 2. The number of carbonyl (C=O) groups is 1. The van der Waals surface area contributed by atoms with Crippen molar-refractivity contribution in [2.75, 3.05) is 33.2 Å². The number of nitrogens with zero attached hydrogens (tertiary/aromatic N) is 2. The molecular formula is C14H26N2O2. The van der Waals surface area contributed by atoms with E-state index in [1.54, 1.807) is 0 Å². The number of likely N-dealkylation sites (tertiary alicyclic amines) is 2. The molecule has 0 radical (unpaired) electrons. The average molecular weight is 254 g/mol. The Morgan fingerprint density at radius 3 is 2.78 bits per heavy atom. The molecule has 2 fully saturated rings. The summed E-state index contributed by atoms with van der Waals surface area (Å²) in [6.45, 7) is 6.12. The van der Waals surface area contributed by atoms with Crippen LogP contribution in [0.15, 0.2) is 0 Å². The van der Waals surface area contributed by atoms with Crippen LogP contribution in [0.2, 0.25) is 0 Å². The first-order valence-corrected chi connectivity index (χ1v) is 7.23. The standard InChI is InChI=1S/C14H26N2O2/c1-3-14(13(17)18)7-5-9-16(11-14)12-6-4-8-15(2)10-12/h12H,3-11H2,1-2H3,(H,17,18). The van der Waals surface area contributed by atoms with Crippen LogP contribution in [0.4, 0.5) is 0 Å². The fraction of sp³-hybridized carbons (Fsp3) is 0.929. The van der Waals surface area contributed by atoms with Gasteiger partial charge in [-0.05, 0) is 52.2 Å². The summed E-state index contributed by atoms with van der Waals surface area (Å²) in [5, 5.41) is 9.52. The maximum Gasteiger partial charge on any atom is 0.310 e. The Balaban J connectivity index is 2.03. The number of carboxylic acid groups (broad SMARTS) is 1. The summed E-state index contributed by atoms with van der Waals surface area (Å²) in [6, 6.07) is 0.564. The Morgan fingerprint density at radius 1 is 1.39 bits per heavy atom. The van der Waals surface area contributed by atoms with Gasteiger partial charge in [-0.3, -0.25) is 9.69 Å². The van der Waals surface area contributed by atoms with Crippen molar-refractivity contribution in [1.82, 2.24) is 9.80 Å². The van der Waals surface area contributed by atoms with Gasteiger partial charge in [0.25, 0.3) is 0 Å². The van der Waals surface area contributed by atoms with Gasteiger partial charge in [0.1, 0.15) is 0 Å². The number of likely N-dealkylation sites (N-methyl/N-ethyl adjacent to an activating group) is 1. The van der Waals surface area contributed by atoms with Gasteiger partial charge in [0.15, 0.2) is 0 Å². The maximum absolute atomic E-state index is 11.6. The van der Waals surface area contributed by atoms with Crippen LogP contribution in [0, 0.1) is 5.41 Å². The smallest absolute Gasteiger partial charge is 0.310 e. The van der Waals surface area contributed by atoms with Gasteiger partial charge >= 0.3 is 5.97 Å². The molecule has 1 N–H and O–H groups in total. The Morgan fingerprint density at radius 2 is 2.17 bits per heavy atom. The van der Waals surface area contributed by atoms with E-state index in [1.807, 2.05) is 6.92 Å². The molecule has 2 atom stereocenters. The quantitative estimate of drug-likeness (QED) is 0.832. The topological polar surface area (TPSA) is 43.8 Å². The van der Waals surface area contributed by atoms with E-state index in [-0.39, 0.29) is 0 Å². The highest BCUT2D eigenvalue weighted by Crippen LogP contribution is 2.35. The summed E-state index contributed by atoms with van der Waals surface area (Å²) in [7, 11) is 2.17. The van der Waals surface area contributed by atoms with E-state index in [1.165, 1.54) is 19.4 Å². The van der Waals surface area contributed by atoms with Crippen LogP contribution in [-0.2, 0) is 4.79 Å². The third-order valence-electron chi connectivity index (χ3n) is 4.85. The van der Waals surface area contributed by atoms with Crippen LogP contribution in [0.25, 0.3) is 0 Å². The van der Waals surface area contributed by atoms with Gasteiger partial charge in [0.2, 0.25) is 0 Å². The second kappa shape index (κ2) is 5.57. The van der Waals surface area contributed by atoms with Crippen LogP contribution >= 0.6 is 0 Å². The zero-order valence-electron chi connectivity index (χ0n) is 11.7. The molecule has 104 valence electrons. The normalized spacial score (nSPS) is 35.6. The molecule has 0 spiro atoms. The Kier molecular flexibility index (Phi) is 4.28. The average Bonchev–Trinajstić information content (AvgIpc) is 2.38. The number of hydrogen-bond acceptors (Lipinski definition) is 3. The van der Waals surface area contributed by atoms with Gasteiger partial charge < -0.3 is 10.0 Å². The van der Waals surface area contributed by atoms with Gasteiger partial charge in [0.05, 0.1) is 5.41 Å². The lowest BCUT2D eigenvalue weighted by Crippen LogP contribution is -2.54. The lowest BCUT2D eigenvalue weighted by atomic mass is 9.77. The zero-order chi connectivity index (χ0) is 13.2. The minimum absolute atomic E-state index is 0.492. The van der Waals surface area contributed by atoms with Crippen molar-refractivity contribution < 1.29 is 9.90 Å². The molecule has 2 aliphatic rings. The van der Waals surface area contributed by atoms with Crippen molar-refractivity contribution in [3.63, 3.8) is 0 Å². The molecule has 18 heavy (non-hydrogen) atoms. The van der Waals surface area contributed by atoms with Crippen LogP contribution in [-0.4, -0.2) is 60.1 Å². The molecule has 4 heteroatoms. The SMILES string of the molecule is CCC1(C(=O)O)CCCN(C2CCCN(C)C2)C1. The first-order chi connectivity index (χ1) is 8.57. The highest BCUT2D eigenvalue weighted by molar-refractivity contribution is 5.75. The Bertz CT molecular complexity index is 308. The number of aliphatic carboxylic acids is 1. The van der Waals surface area contributed by atoms with Crippen molar-refractivity contribution in [3.05, 3.63) is 0 Å². The van der Waals surface area contributed by atoms with E-state index >= 15 is 0 Å². The summed E-state index contributed by atoms with van der Waals surface area (Å²) in [5.74, 6) is -0.598. The summed E-state index contributed by atoms with van der Waals surface area (Å²) < 4.78 is 0. The second-order valence-electron chi connectivity index (χ2n) is 6.07. The van der Waals surface area contributed by atoms with Gasteiger partial charge in [-0.25, -0.2) is 0 Å². The minimum Gasteiger partial charge on any atom is -0.481 e. The summed E-state index contributed by atoms with van der Waals surface area (Å²) >= 11 is 0. The minimum atomic E-state index is -0.598. The van der Waals surface area contributed by atoms with Gasteiger partial charge in [0, 0.05) is 19.1 Å². The van der Waals surface area contributed by atoms with E-state index in [4.69, 9.17) is 0 Å². The summed E-state index contributed by atoms with van der Waals surface area (Å²) in [5.41, 5.74) is -0.492. The third kappa shape index (κ3) is 2.69. The Hall–Kier alpha value is -0.610. The lowest BCUT2D eigenvalue weighted by molar-refractivity contribution is -0.153. The molecule has 0 aromatic carbocycles. The number of hydrogen-bond donors (Lipinski definition) is 1. The van der Waals surface area contributed by atoms with Crippen molar-refractivity contribution in [1.29, 1.82) is 0 Å². The second-order valence-corrected chi connectivity index (χ2v) is 6.07. The monoisotopic (exact) mass is 254 g/mol. The van der Waals surface area contributed by atoms with E-state index in [0.717, 1.165) is 38.9 Å². The molecular weight excluding hydrogens is 228 g/mol. The van der Waals surface area contributed by atoms with Crippen LogP contribution in [0.5, 0.6) is 0 Å². The number of rotatable bonds is 3. The number of carboxylic acids is 1. The van der Waals surface area contributed by atoms with Crippen molar-refractivity contribution in [2.24, 2.45) is 5.41 Å². The van der Waals surface area contributed by atoms with E-state index in [9.17, 15) is 9.90 Å². The van der Waals surface area contributed by atoms with Gasteiger partial charge in [-0.1, -0.05) is 6.92 Å². The predicted octanol–water partition coefficient (Wildman–Crippen LogP) is 1.66. The molecule has 0 bridgehead atoms.